The Hall–Kier alpha value is -1.87. The van der Waals surface area contributed by atoms with Gasteiger partial charge in [0.25, 0.3) is 0 Å². The van der Waals surface area contributed by atoms with E-state index in [2.05, 4.69) is 0 Å². The molecule has 2 aromatic rings. The van der Waals surface area contributed by atoms with Gasteiger partial charge in [0.05, 0.1) is 11.8 Å². The van der Waals surface area contributed by atoms with Gasteiger partial charge in [-0.15, -0.1) is 11.6 Å². The minimum atomic E-state index is -0.521. The molecule has 1 atom stereocenters. The average molecular weight is 307 g/mol. The highest BCUT2D eigenvalue weighted by atomic mass is 35.5. The Kier molecular flexibility index (Phi) is 5.34. The van der Waals surface area contributed by atoms with Crippen molar-refractivity contribution >= 4 is 17.6 Å². The highest BCUT2D eigenvalue weighted by Gasteiger charge is 2.18. The second kappa shape index (κ2) is 7.23. The minimum absolute atomic E-state index is 0.162. The Morgan fingerprint density at radius 2 is 1.95 bits per heavy atom. The van der Waals surface area contributed by atoms with Crippen LogP contribution in [0.2, 0.25) is 0 Å². The molecule has 2 nitrogen and oxygen atoms in total. The van der Waals surface area contributed by atoms with E-state index in [1.54, 1.807) is 19.1 Å². The molecular weight excluding hydrogens is 291 g/mol. The molecular formula is C17H16ClFO2. The molecule has 0 bridgehead atoms. The lowest BCUT2D eigenvalue weighted by Crippen LogP contribution is -2.14. The third kappa shape index (κ3) is 3.82. The molecule has 0 heterocycles. The number of alkyl halides is 1. The number of hydrogen-bond acceptors (Lipinski definition) is 2. The summed E-state index contributed by atoms with van der Waals surface area (Å²) in [5, 5.41) is 0. The van der Waals surface area contributed by atoms with Crippen LogP contribution in [0.15, 0.2) is 48.5 Å². The average Bonchev–Trinajstić information content (AvgIpc) is 2.52. The molecule has 0 spiro atoms. The SMILES string of the molecule is CC(C(=O)OCCCl)c1ccc(-c2ccccc2)c(F)c1. The molecule has 2 aromatic carbocycles. The Morgan fingerprint density at radius 1 is 1.24 bits per heavy atom. The summed E-state index contributed by atoms with van der Waals surface area (Å²) < 4.78 is 19.2. The summed E-state index contributed by atoms with van der Waals surface area (Å²) in [6.07, 6.45) is 0. The van der Waals surface area contributed by atoms with Crippen LogP contribution in [0, 0.1) is 5.82 Å². The standard InChI is InChI=1S/C17H16ClFO2/c1-12(17(20)21-10-9-18)14-7-8-15(16(19)11-14)13-5-3-2-4-6-13/h2-8,11-12H,9-10H2,1H3. The fraction of sp³-hybridized carbons (Fsp3) is 0.235. The van der Waals surface area contributed by atoms with E-state index in [4.69, 9.17) is 16.3 Å². The van der Waals surface area contributed by atoms with Crippen molar-refractivity contribution in [3.8, 4) is 11.1 Å². The Bertz CT molecular complexity index is 613. The van der Waals surface area contributed by atoms with Gasteiger partial charge < -0.3 is 4.74 Å². The van der Waals surface area contributed by atoms with Crippen LogP contribution in [-0.4, -0.2) is 18.5 Å². The molecule has 0 aromatic heterocycles. The topological polar surface area (TPSA) is 26.3 Å². The first-order chi connectivity index (χ1) is 10.1. The molecule has 0 N–H and O–H groups in total. The number of halogens is 2. The van der Waals surface area contributed by atoms with Crippen molar-refractivity contribution in [2.75, 3.05) is 12.5 Å². The van der Waals surface area contributed by atoms with Crippen molar-refractivity contribution in [3.63, 3.8) is 0 Å². The highest BCUT2D eigenvalue weighted by molar-refractivity contribution is 6.18. The maximum absolute atomic E-state index is 14.2. The smallest absolute Gasteiger partial charge is 0.313 e. The van der Waals surface area contributed by atoms with Crippen molar-refractivity contribution in [1.82, 2.24) is 0 Å². The van der Waals surface area contributed by atoms with Gasteiger partial charge in [-0.2, -0.15) is 0 Å². The highest BCUT2D eigenvalue weighted by Crippen LogP contribution is 2.26. The fourth-order valence-corrected chi connectivity index (χ4v) is 2.13. The van der Waals surface area contributed by atoms with Gasteiger partial charge in [-0.3, -0.25) is 4.79 Å². The number of ether oxygens (including phenoxy) is 1. The number of hydrogen-bond donors (Lipinski definition) is 0. The van der Waals surface area contributed by atoms with E-state index in [0.29, 0.717) is 11.1 Å². The molecule has 0 saturated carbocycles. The van der Waals surface area contributed by atoms with E-state index >= 15 is 0 Å². The van der Waals surface area contributed by atoms with Crippen molar-refractivity contribution in [2.24, 2.45) is 0 Å². The summed E-state index contributed by atoms with van der Waals surface area (Å²) in [6, 6.07) is 14.1. The monoisotopic (exact) mass is 306 g/mol. The van der Waals surface area contributed by atoms with E-state index in [1.165, 1.54) is 6.07 Å². The molecule has 2 rings (SSSR count). The van der Waals surface area contributed by atoms with Crippen molar-refractivity contribution in [1.29, 1.82) is 0 Å². The van der Waals surface area contributed by atoms with Crippen LogP contribution in [0.1, 0.15) is 18.4 Å². The zero-order valence-electron chi connectivity index (χ0n) is 11.7. The zero-order chi connectivity index (χ0) is 15.2. The van der Waals surface area contributed by atoms with E-state index in [1.807, 2.05) is 30.3 Å². The molecule has 0 aliphatic rings. The molecule has 110 valence electrons. The largest absolute Gasteiger partial charge is 0.464 e. The second-order valence-electron chi connectivity index (χ2n) is 4.68. The predicted octanol–water partition coefficient (Wildman–Crippen LogP) is 4.38. The van der Waals surface area contributed by atoms with Crippen LogP contribution in [0.25, 0.3) is 11.1 Å². The van der Waals surface area contributed by atoms with Crippen molar-refractivity contribution < 1.29 is 13.9 Å². The van der Waals surface area contributed by atoms with Crippen molar-refractivity contribution in [3.05, 3.63) is 59.9 Å². The third-order valence-corrected chi connectivity index (χ3v) is 3.41. The maximum Gasteiger partial charge on any atom is 0.313 e. The minimum Gasteiger partial charge on any atom is -0.464 e. The van der Waals surface area contributed by atoms with Gasteiger partial charge in [0.15, 0.2) is 0 Å². The zero-order valence-corrected chi connectivity index (χ0v) is 12.4. The predicted molar refractivity (Wildman–Crippen MR) is 81.9 cm³/mol. The molecule has 0 aliphatic carbocycles. The van der Waals surface area contributed by atoms with Crippen LogP contribution in [-0.2, 0) is 9.53 Å². The molecule has 0 radical (unpaired) electrons. The fourth-order valence-electron chi connectivity index (χ4n) is 2.05. The molecule has 0 fully saturated rings. The number of esters is 1. The number of carbonyl (C=O) groups is 1. The molecule has 21 heavy (non-hydrogen) atoms. The maximum atomic E-state index is 14.2. The molecule has 0 saturated heterocycles. The summed E-state index contributed by atoms with van der Waals surface area (Å²) in [7, 11) is 0. The molecule has 0 aliphatic heterocycles. The first-order valence-corrected chi connectivity index (χ1v) is 7.24. The normalized spacial score (nSPS) is 12.0. The summed E-state index contributed by atoms with van der Waals surface area (Å²) in [6.45, 7) is 1.85. The lowest BCUT2D eigenvalue weighted by atomic mass is 9.97. The summed E-state index contributed by atoms with van der Waals surface area (Å²) in [5.41, 5.74) is 1.91. The van der Waals surface area contributed by atoms with Crippen LogP contribution >= 0.6 is 11.6 Å². The Labute approximate surface area is 128 Å². The van der Waals surface area contributed by atoms with Crippen LogP contribution in [0.3, 0.4) is 0 Å². The van der Waals surface area contributed by atoms with Gasteiger partial charge >= 0.3 is 5.97 Å². The van der Waals surface area contributed by atoms with Gasteiger partial charge in [0, 0.05) is 5.56 Å². The first-order valence-electron chi connectivity index (χ1n) is 6.71. The van der Waals surface area contributed by atoms with Gasteiger partial charge in [0.1, 0.15) is 12.4 Å². The molecule has 1 unspecified atom stereocenters. The van der Waals surface area contributed by atoms with Crippen LogP contribution < -0.4 is 0 Å². The lowest BCUT2D eigenvalue weighted by Gasteiger charge is -2.12. The van der Waals surface area contributed by atoms with E-state index in [9.17, 15) is 9.18 Å². The lowest BCUT2D eigenvalue weighted by molar-refractivity contribution is -0.144. The summed E-state index contributed by atoms with van der Waals surface area (Å²) in [5.74, 6) is -1.02. The third-order valence-electron chi connectivity index (χ3n) is 3.25. The molecule has 4 heteroatoms. The first kappa shape index (κ1) is 15.5. The second-order valence-corrected chi connectivity index (χ2v) is 5.06. The van der Waals surface area contributed by atoms with E-state index < -0.39 is 11.9 Å². The van der Waals surface area contributed by atoms with E-state index in [-0.39, 0.29) is 18.3 Å². The van der Waals surface area contributed by atoms with Crippen LogP contribution in [0.4, 0.5) is 4.39 Å². The number of benzene rings is 2. The van der Waals surface area contributed by atoms with Crippen molar-refractivity contribution in [2.45, 2.75) is 12.8 Å². The van der Waals surface area contributed by atoms with Gasteiger partial charge in [-0.25, -0.2) is 4.39 Å². The molecule has 0 amide bonds. The van der Waals surface area contributed by atoms with Crippen LogP contribution in [0.5, 0.6) is 0 Å². The summed E-state index contributed by atoms with van der Waals surface area (Å²) in [4.78, 5) is 11.8. The van der Waals surface area contributed by atoms with Gasteiger partial charge in [-0.05, 0) is 24.1 Å². The number of carbonyl (C=O) groups excluding carboxylic acids is 1. The van der Waals surface area contributed by atoms with Gasteiger partial charge in [-0.1, -0.05) is 42.5 Å². The summed E-state index contributed by atoms with van der Waals surface area (Å²) >= 11 is 5.47. The Morgan fingerprint density at radius 3 is 2.57 bits per heavy atom. The quantitative estimate of drug-likeness (QED) is 0.605. The number of rotatable bonds is 5. The van der Waals surface area contributed by atoms with Gasteiger partial charge in [0.2, 0.25) is 0 Å². The Balaban J connectivity index is 2.21. The van der Waals surface area contributed by atoms with E-state index in [0.717, 1.165) is 5.56 Å².